The smallest absolute Gasteiger partial charge is 0.297 e. The Morgan fingerprint density at radius 2 is 1.78 bits per heavy atom. The van der Waals surface area contributed by atoms with Crippen LogP contribution in [0.1, 0.15) is 24.2 Å². The van der Waals surface area contributed by atoms with Crippen LogP contribution >= 0.6 is 0 Å². The molecule has 0 spiro atoms. The molecule has 4 rings (SSSR count). The number of amides is 1. The minimum atomic E-state index is -1.26. The molecule has 1 amide bonds. The molecule has 0 aliphatic rings. The third-order valence-electron chi connectivity index (χ3n) is 5.16. The van der Waals surface area contributed by atoms with Crippen LogP contribution in [0, 0.1) is 0 Å². The van der Waals surface area contributed by atoms with Crippen LogP contribution < -0.4 is 0 Å². The van der Waals surface area contributed by atoms with Crippen LogP contribution in [0.25, 0.3) is 34.3 Å². The summed E-state index contributed by atoms with van der Waals surface area (Å²) < 4.78 is 24.4. The van der Waals surface area contributed by atoms with Gasteiger partial charge in [-0.05, 0) is 12.5 Å². The molecule has 2 aromatic heterocycles. The van der Waals surface area contributed by atoms with Crippen molar-refractivity contribution in [2.45, 2.75) is 19.7 Å². The number of hydrogen-bond acceptors (Lipinski definition) is 7. The fraction of sp³-hybridized carbons (Fsp3) is 0.217. The Morgan fingerprint density at radius 1 is 1.06 bits per heavy atom. The van der Waals surface area contributed by atoms with E-state index in [9.17, 15) is 14.3 Å². The first-order valence-corrected chi connectivity index (χ1v) is 10.0. The van der Waals surface area contributed by atoms with E-state index in [1.165, 1.54) is 4.90 Å². The van der Waals surface area contributed by atoms with E-state index in [0.29, 0.717) is 28.9 Å². The quantitative estimate of drug-likeness (QED) is 0.466. The van der Waals surface area contributed by atoms with Crippen molar-refractivity contribution in [1.29, 1.82) is 0 Å². The summed E-state index contributed by atoms with van der Waals surface area (Å²) in [6.07, 6.45) is -1.26. The Morgan fingerprint density at radius 3 is 2.44 bits per heavy atom. The first-order chi connectivity index (χ1) is 15.5. The maximum absolute atomic E-state index is 13.8. The van der Waals surface area contributed by atoms with Crippen molar-refractivity contribution >= 4 is 5.91 Å². The van der Waals surface area contributed by atoms with Crippen LogP contribution in [0.2, 0.25) is 0 Å². The molecule has 32 heavy (non-hydrogen) atoms. The van der Waals surface area contributed by atoms with Gasteiger partial charge in [0.1, 0.15) is 12.4 Å². The standard InChI is InChI=1S/C23H21FN4O4/c1-3-28(2)23(30)19(29)15-9-11-16(12-10-15)21-25-22(32-27-21)20-17(13-24)18(26-31-20)14-7-5-4-6-8-14/h4-12,19,29H,3,13H2,1-2H3. The summed E-state index contributed by atoms with van der Waals surface area (Å²) in [5.74, 6) is -0.0579. The lowest BCUT2D eigenvalue weighted by atomic mass is 10.1. The SMILES string of the molecule is CCN(C)C(=O)C(O)c1ccc(-c2noc(-c3onc(-c4ccccc4)c3CF)n2)cc1. The zero-order chi connectivity index (χ0) is 22.7. The maximum atomic E-state index is 13.8. The molecule has 0 aliphatic heterocycles. The summed E-state index contributed by atoms with van der Waals surface area (Å²) in [4.78, 5) is 17.9. The summed E-state index contributed by atoms with van der Waals surface area (Å²) in [6.45, 7) is 1.51. The Balaban J connectivity index is 1.59. The molecule has 0 saturated heterocycles. The Bertz CT molecular complexity index is 1200. The zero-order valence-corrected chi connectivity index (χ0v) is 17.5. The van der Waals surface area contributed by atoms with Crippen LogP contribution in [-0.4, -0.2) is 44.8 Å². The summed E-state index contributed by atoms with van der Waals surface area (Å²) in [5.41, 5.74) is 2.36. The van der Waals surface area contributed by atoms with Gasteiger partial charge < -0.3 is 19.1 Å². The molecule has 9 heteroatoms. The van der Waals surface area contributed by atoms with Crippen molar-refractivity contribution in [3.63, 3.8) is 0 Å². The fourth-order valence-electron chi connectivity index (χ4n) is 3.18. The summed E-state index contributed by atoms with van der Waals surface area (Å²) in [7, 11) is 1.62. The number of aliphatic hydroxyl groups is 1. The summed E-state index contributed by atoms with van der Waals surface area (Å²) in [6, 6.07) is 15.7. The van der Waals surface area contributed by atoms with Gasteiger partial charge in [0.05, 0.1) is 5.56 Å². The first-order valence-electron chi connectivity index (χ1n) is 10.0. The van der Waals surface area contributed by atoms with E-state index in [2.05, 4.69) is 15.3 Å². The molecule has 8 nitrogen and oxygen atoms in total. The highest BCUT2D eigenvalue weighted by molar-refractivity contribution is 5.82. The highest BCUT2D eigenvalue weighted by atomic mass is 19.1. The molecule has 0 radical (unpaired) electrons. The minimum Gasteiger partial charge on any atom is -0.378 e. The van der Waals surface area contributed by atoms with Crippen LogP contribution in [0.3, 0.4) is 0 Å². The number of benzene rings is 2. The summed E-state index contributed by atoms with van der Waals surface area (Å²) >= 11 is 0. The van der Waals surface area contributed by atoms with E-state index in [1.54, 1.807) is 43.4 Å². The van der Waals surface area contributed by atoms with Crippen molar-refractivity contribution in [2.75, 3.05) is 13.6 Å². The van der Waals surface area contributed by atoms with Gasteiger partial charge in [0.2, 0.25) is 11.6 Å². The molecule has 1 atom stereocenters. The Kier molecular flexibility index (Phi) is 6.09. The number of carbonyl (C=O) groups excluding carboxylic acids is 1. The normalized spacial score (nSPS) is 12.0. The second-order valence-corrected chi connectivity index (χ2v) is 7.14. The van der Waals surface area contributed by atoms with E-state index >= 15 is 0 Å². The third-order valence-corrected chi connectivity index (χ3v) is 5.16. The van der Waals surface area contributed by atoms with Gasteiger partial charge in [-0.15, -0.1) is 0 Å². The average molecular weight is 436 g/mol. The largest absolute Gasteiger partial charge is 0.378 e. The molecule has 164 valence electrons. The van der Waals surface area contributed by atoms with Gasteiger partial charge in [-0.3, -0.25) is 4.79 Å². The Labute approximate surface area is 183 Å². The molecular weight excluding hydrogens is 415 g/mol. The number of alkyl halides is 1. The predicted molar refractivity (Wildman–Crippen MR) is 114 cm³/mol. The summed E-state index contributed by atoms with van der Waals surface area (Å²) in [5, 5.41) is 18.2. The van der Waals surface area contributed by atoms with Crippen LogP contribution in [0.5, 0.6) is 0 Å². The lowest BCUT2D eigenvalue weighted by Gasteiger charge is -2.19. The molecule has 0 bridgehead atoms. The number of halogens is 1. The van der Waals surface area contributed by atoms with Crippen LogP contribution in [0.15, 0.2) is 63.6 Å². The molecule has 0 saturated carbocycles. The second kappa shape index (κ2) is 9.11. The molecule has 0 aliphatic carbocycles. The molecule has 2 aromatic carbocycles. The van der Waals surface area contributed by atoms with Gasteiger partial charge in [0.15, 0.2) is 6.10 Å². The number of rotatable bonds is 7. The van der Waals surface area contributed by atoms with Crippen LogP contribution in [-0.2, 0) is 11.5 Å². The van der Waals surface area contributed by atoms with E-state index in [1.807, 2.05) is 25.1 Å². The molecule has 0 fully saturated rings. The predicted octanol–water partition coefficient (Wildman–Crippen LogP) is 4.04. The van der Waals surface area contributed by atoms with Gasteiger partial charge in [0, 0.05) is 24.7 Å². The van der Waals surface area contributed by atoms with Gasteiger partial charge in [-0.2, -0.15) is 4.98 Å². The van der Waals surface area contributed by atoms with Crippen molar-refractivity contribution in [2.24, 2.45) is 0 Å². The zero-order valence-electron chi connectivity index (χ0n) is 17.5. The Hall–Kier alpha value is -3.85. The van der Waals surface area contributed by atoms with Crippen LogP contribution in [0.4, 0.5) is 4.39 Å². The van der Waals surface area contributed by atoms with Gasteiger partial charge in [0.25, 0.3) is 11.8 Å². The molecule has 2 heterocycles. The number of hydrogen-bond donors (Lipinski definition) is 1. The number of nitrogens with zero attached hydrogens (tertiary/aromatic N) is 4. The van der Waals surface area contributed by atoms with E-state index < -0.39 is 12.8 Å². The van der Waals surface area contributed by atoms with Crippen molar-refractivity contribution in [3.8, 4) is 34.3 Å². The number of aromatic nitrogens is 3. The highest BCUT2D eigenvalue weighted by Gasteiger charge is 2.24. The van der Waals surface area contributed by atoms with Gasteiger partial charge in [-0.1, -0.05) is 64.9 Å². The van der Waals surface area contributed by atoms with Crippen molar-refractivity contribution < 1.29 is 23.3 Å². The highest BCUT2D eigenvalue weighted by Crippen LogP contribution is 2.33. The van der Waals surface area contributed by atoms with Gasteiger partial charge in [-0.25, -0.2) is 4.39 Å². The first kappa shape index (κ1) is 21.4. The third kappa shape index (κ3) is 4.02. The van der Waals surface area contributed by atoms with E-state index in [0.717, 1.165) is 0 Å². The number of likely N-dealkylation sites (N-methyl/N-ethyl adjacent to an activating group) is 1. The molecular formula is C23H21FN4O4. The molecule has 1 unspecified atom stereocenters. The van der Waals surface area contributed by atoms with Crippen molar-refractivity contribution in [1.82, 2.24) is 20.2 Å². The maximum Gasteiger partial charge on any atom is 0.297 e. The minimum absolute atomic E-state index is 0.00573. The topological polar surface area (TPSA) is 105 Å². The van der Waals surface area contributed by atoms with Gasteiger partial charge >= 0.3 is 0 Å². The second-order valence-electron chi connectivity index (χ2n) is 7.14. The average Bonchev–Trinajstić information content (AvgIpc) is 3.50. The van der Waals surface area contributed by atoms with E-state index in [4.69, 9.17) is 9.05 Å². The van der Waals surface area contributed by atoms with Crippen molar-refractivity contribution in [3.05, 3.63) is 65.7 Å². The molecule has 4 aromatic rings. The lowest BCUT2D eigenvalue weighted by Crippen LogP contribution is -2.31. The number of carbonyl (C=O) groups is 1. The lowest BCUT2D eigenvalue weighted by molar-refractivity contribution is -0.138. The number of aliphatic hydroxyl groups excluding tert-OH is 1. The monoisotopic (exact) mass is 436 g/mol. The van der Waals surface area contributed by atoms with E-state index in [-0.39, 0.29) is 28.9 Å². The fourth-order valence-corrected chi connectivity index (χ4v) is 3.18. The molecule has 1 N–H and O–H groups in total.